The molecule has 4 heteroatoms. The average Bonchev–Trinajstić information content (AvgIpc) is 3.04. The van der Waals surface area contributed by atoms with Crippen LogP contribution in [0.1, 0.15) is 0 Å². The van der Waals surface area contributed by atoms with Gasteiger partial charge in [0.05, 0.1) is 12.3 Å². The van der Waals surface area contributed by atoms with Crippen molar-refractivity contribution in [2.75, 3.05) is 25.3 Å². The molecule has 2 aromatic carbocycles. The van der Waals surface area contributed by atoms with Crippen LogP contribution in [0.15, 0.2) is 71.9 Å². The van der Waals surface area contributed by atoms with E-state index in [2.05, 4.69) is 77.1 Å². The van der Waals surface area contributed by atoms with Gasteiger partial charge in [0, 0.05) is 42.2 Å². The van der Waals surface area contributed by atoms with Gasteiger partial charge < -0.3 is 14.6 Å². The minimum atomic E-state index is 0.699. The maximum Gasteiger partial charge on any atom is 0.0643 e. The molecule has 0 spiro atoms. The lowest BCUT2D eigenvalue weighted by Gasteiger charge is -2.08. The summed E-state index contributed by atoms with van der Waals surface area (Å²) in [6.45, 7) is 1.54. The third kappa shape index (κ3) is 4.02. The van der Waals surface area contributed by atoms with E-state index >= 15 is 0 Å². The third-order valence-corrected chi connectivity index (χ3v) is 4.63. The van der Waals surface area contributed by atoms with Crippen molar-refractivity contribution in [3.8, 4) is 11.1 Å². The summed E-state index contributed by atoms with van der Waals surface area (Å²) in [7, 11) is 1.73. The predicted octanol–water partition coefficient (Wildman–Crippen LogP) is 5.27. The van der Waals surface area contributed by atoms with E-state index in [-0.39, 0.29) is 0 Å². The van der Waals surface area contributed by atoms with Crippen LogP contribution in [-0.2, 0) is 11.3 Å². The Morgan fingerprint density at radius 2 is 1.75 bits per heavy atom. The molecule has 0 saturated heterocycles. The van der Waals surface area contributed by atoms with Gasteiger partial charge in [0.15, 0.2) is 0 Å². The first-order chi connectivity index (χ1) is 11.8. The molecule has 0 fully saturated rings. The van der Waals surface area contributed by atoms with Gasteiger partial charge in [-0.2, -0.15) is 0 Å². The molecule has 0 saturated carbocycles. The number of aromatic nitrogens is 1. The second kappa shape index (κ2) is 8.08. The normalized spacial score (nSPS) is 10.8. The van der Waals surface area contributed by atoms with Crippen molar-refractivity contribution in [3.05, 3.63) is 67.0 Å². The van der Waals surface area contributed by atoms with E-state index in [4.69, 9.17) is 4.74 Å². The number of nitrogens with one attached hydrogen (secondary N) is 1. The van der Waals surface area contributed by atoms with Crippen LogP contribution >= 0.6 is 11.8 Å². The Kier molecular flexibility index (Phi) is 5.62. The van der Waals surface area contributed by atoms with Crippen molar-refractivity contribution in [1.82, 2.24) is 4.57 Å². The van der Waals surface area contributed by atoms with Gasteiger partial charge in [-0.1, -0.05) is 30.3 Å². The molecule has 1 heterocycles. The Hall–Kier alpha value is -2.17. The quantitative estimate of drug-likeness (QED) is 0.595. The molecular formula is C20H22N2OS. The number of benzene rings is 2. The van der Waals surface area contributed by atoms with Gasteiger partial charge in [0.2, 0.25) is 0 Å². The topological polar surface area (TPSA) is 26.2 Å². The molecule has 24 heavy (non-hydrogen) atoms. The van der Waals surface area contributed by atoms with E-state index in [1.165, 1.54) is 16.0 Å². The Balaban J connectivity index is 1.90. The summed E-state index contributed by atoms with van der Waals surface area (Å²) >= 11 is 1.75. The molecule has 0 amide bonds. The largest absolute Gasteiger partial charge is 0.383 e. The highest BCUT2D eigenvalue weighted by atomic mass is 32.2. The molecule has 124 valence electrons. The number of hydrogen-bond donors (Lipinski definition) is 1. The van der Waals surface area contributed by atoms with Crippen molar-refractivity contribution in [2.24, 2.45) is 0 Å². The molecule has 0 radical (unpaired) electrons. The highest BCUT2D eigenvalue weighted by molar-refractivity contribution is 7.98. The minimum absolute atomic E-state index is 0.699. The fraction of sp³-hybridized carbons (Fsp3) is 0.200. The molecule has 1 N–H and O–H groups in total. The number of methoxy groups -OCH3 is 1. The summed E-state index contributed by atoms with van der Waals surface area (Å²) in [4.78, 5) is 1.27. The highest BCUT2D eigenvalue weighted by Crippen LogP contribution is 2.32. The van der Waals surface area contributed by atoms with E-state index < -0.39 is 0 Å². The monoisotopic (exact) mass is 338 g/mol. The molecule has 0 aliphatic heterocycles. The molecular weight excluding hydrogens is 316 g/mol. The van der Waals surface area contributed by atoms with E-state index in [9.17, 15) is 0 Å². The molecule has 0 aliphatic rings. The second-order valence-corrected chi connectivity index (χ2v) is 6.42. The fourth-order valence-electron chi connectivity index (χ4n) is 2.61. The van der Waals surface area contributed by atoms with Crippen molar-refractivity contribution >= 4 is 23.1 Å². The Bertz CT molecular complexity index is 766. The first-order valence-electron chi connectivity index (χ1n) is 7.95. The lowest BCUT2D eigenvalue weighted by atomic mass is 10.1. The van der Waals surface area contributed by atoms with E-state index in [1.54, 1.807) is 18.9 Å². The molecule has 0 atom stereocenters. The summed E-state index contributed by atoms with van der Waals surface area (Å²) in [5, 5.41) is 3.55. The third-order valence-electron chi connectivity index (χ3n) is 3.89. The summed E-state index contributed by atoms with van der Waals surface area (Å²) in [6.07, 6.45) is 6.41. The summed E-state index contributed by atoms with van der Waals surface area (Å²) < 4.78 is 7.37. The SMILES string of the molecule is COCCn1cc(Nc2ccc(SC)cc2)c(-c2ccccc2)c1. The number of anilines is 2. The number of hydrogen-bond acceptors (Lipinski definition) is 3. The number of ether oxygens (including phenoxy) is 1. The number of rotatable bonds is 7. The molecule has 3 nitrogen and oxygen atoms in total. The summed E-state index contributed by atoms with van der Waals surface area (Å²) in [6, 6.07) is 19.0. The molecule has 3 aromatic rings. The maximum atomic E-state index is 5.20. The smallest absolute Gasteiger partial charge is 0.0643 e. The Labute approximate surface area is 147 Å². The van der Waals surface area contributed by atoms with Gasteiger partial charge in [0.1, 0.15) is 0 Å². The molecule has 0 bridgehead atoms. The van der Waals surface area contributed by atoms with Gasteiger partial charge in [-0.3, -0.25) is 0 Å². The van der Waals surface area contributed by atoms with E-state index in [1.807, 2.05) is 6.07 Å². The molecule has 0 aliphatic carbocycles. The Morgan fingerprint density at radius 3 is 2.42 bits per heavy atom. The van der Waals surface area contributed by atoms with Gasteiger partial charge >= 0.3 is 0 Å². The van der Waals surface area contributed by atoms with Gasteiger partial charge in [-0.05, 0) is 36.1 Å². The van der Waals surface area contributed by atoms with E-state index in [0.717, 1.165) is 17.9 Å². The molecule has 0 unspecified atom stereocenters. The average molecular weight is 338 g/mol. The number of nitrogens with zero attached hydrogens (tertiary/aromatic N) is 1. The standard InChI is InChI=1S/C20H22N2OS/c1-23-13-12-22-14-19(16-6-4-3-5-7-16)20(15-22)21-17-8-10-18(24-2)11-9-17/h3-11,14-15,21H,12-13H2,1-2H3. The summed E-state index contributed by atoms with van der Waals surface area (Å²) in [5.74, 6) is 0. The van der Waals surface area contributed by atoms with Crippen molar-refractivity contribution in [3.63, 3.8) is 0 Å². The van der Waals surface area contributed by atoms with Crippen LogP contribution in [0, 0.1) is 0 Å². The lowest BCUT2D eigenvalue weighted by molar-refractivity contribution is 0.187. The van der Waals surface area contributed by atoms with Gasteiger partial charge in [0.25, 0.3) is 0 Å². The zero-order valence-electron chi connectivity index (χ0n) is 14.0. The first kappa shape index (κ1) is 16.7. The van der Waals surface area contributed by atoms with Crippen molar-refractivity contribution in [2.45, 2.75) is 11.4 Å². The zero-order chi connectivity index (χ0) is 16.8. The second-order valence-electron chi connectivity index (χ2n) is 5.54. The highest BCUT2D eigenvalue weighted by Gasteiger charge is 2.09. The molecule has 3 rings (SSSR count). The maximum absolute atomic E-state index is 5.20. The Morgan fingerprint density at radius 1 is 1.00 bits per heavy atom. The zero-order valence-corrected chi connectivity index (χ0v) is 14.8. The minimum Gasteiger partial charge on any atom is -0.383 e. The van der Waals surface area contributed by atoms with Crippen LogP contribution in [0.3, 0.4) is 0 Å². The van der Waals surface area contributed by atoms with Crippen LogP contribution in [0.4, 0.5) is 11.4 Å². The molecule has 1 aromatic heterocycles. The van der Waals surface area contributed by atoms with Crippen LogP contribution < -0.4 is 5.32 Å². The lowest BCUT2D eigenvalue weighted by Crippen LogP contribution is -2.01. The van der Waals surface area contributed by atoms with Crippen LogP contribution in [0.25, 0.3) is 11.1 Å². The van der Waals surface area contributed by atoms with Crippen LogP contribution in [-0.4, -0.2) is 24.5 Å². The first-order valence-corrected chi connectivity index (χ1v) is 9.18. The van der Waals surface area contributed by atoms with Gasteiger partial charge in [-0.15, -0.1) is 11.8 Å². The summed E-state index contributed by atoms with van der Waals surface area (Å²) in [5.41, 5.74) is 4.60. The van der Waals surface area contributed by atoms with Crippen LogP contribution in [0.2, 0.25) is 0 Å². The van der Waals surface area contributed by atoms with Crippen LogP contribution in [0.5, 0.6) is 0 Å². The number of thioether (sulfide) groups is 1. The van der Waals surface area contributed by atoms with E-state index in [0.29, 0.717) is 6.61 Å². The fourth-order valence-corrected chi connectivity index (χ4v) is 3.02. The van der Waals surface area contributed by atoms with Gasteiger partial charge in [-0.25, -0.2) is 0 Å². The predicted molar refractivity (Wildman–Crippen MR) is 103 cm³/mol. The van der Waals surface area contributed by atoms with Crippen molar-refractivity contribution < 1.29 is 4.74 Å². The van der Waals surface area contributed by atoms with Crippen molar-refractivity contribution in [1.29, 1.82) is 0 Å².